The summed E-state index contributed by atoms with van der Waals surface area (Å²) in [5, 5.41) is 1.21. The fourth-order valence-electron chi connectivity index (χ4n) is 5.04. The predicted molar refractivity (Wildman–Crippen MR) is 118 cm³/mol. The fourth-order valence-corrected chi connectivity index (χ4v) is 5.04. The Labute approximate surface area is 177 Å². The molecule has 30 heavy (non-hydrogen) atoms. The number of rotatable bonds is 3. The van der Waals surface area contributed by atoms with Crippen LogP contribution in [0.2, 0.25) is 0 Å². The molecule has 1 amide bonds. The molecule has 1 N–H and O–H groups in total. The van der Waals surface area contributed by atoms with Gasteiger partial charge in [0.25, 0.3) is 0 Å². The molecule has 2 aliphatic heterocycles. The molecular formula is C24H29N5O. The summed E-state index contributed by atoms with van der Waals surface area (Å²) in [6.07, 6.45) is 7.79. The zero-order chi connectivity index (χ0) is 20.7. The normalized spacial score (nSPS) is 19.1. The molecule has 0 unspecified atom stereocenters. The summed E-state index contributed by atoms with van der Waals surface area (Å²) in [4.78, 5) is 30.4. The highest BCUT2D eigenvalue weighted by molar-refractivity contribution is 5.86. The van der Waals surface area contributed by atoms with Crippen LogP contribution in [-0.4, -0.2) is 45.4 Å². The maximum Gasteiger partial charge on any atom is 0.229 e. The van der Waals surface area contributed by atoms with Crippen molar-refractivity contribution >= 4 is 22.8 Å². The second-order valence-electron chi connectivity index (χ2n) is 8.90. The number of benzene rings is 1. The van der Waals surface area contributed by atoms with Crippen molar-refractivity contribution in [3.05, 3.63) is 53.5 Å². The first-order valence-corrected chi connectivity index (χ1v) is 11.0. The average molecular weight is 404 g/mol. The number of aryl methyl sites for hydroxylation is 2. The fraction of sp³-hybridized carbons (Fsp3) is 0.458. The molecule has 0 aliphatic carbocycles. The van der Waals surface area contributed by atoms with Gasteiger partial charge in [-0.25, -0.2) is 9.97 Å². The Hall–Kier alpha value is -2.89. The van der Waals surface area contributed by atoms with E-state index in [4.69, 9.17) is 0 Å². The SMILES string of the molecule is Cc1cnc(N2CCC3(CCCN(Cc4c[nH]c5ccccc45)C3=O)CC2)nc1C. The van der Waals surface area contributed by atoms with Crippen molar-refractivity contribution in [2.24, 2.45) is 5.41 Å². The smallest absolute Gasteiger partial charge is 0.229 e. The lowest BCUT2D eigenvalue weighted by atomic mass is 9.71. The Morgan fingerprint density at radius 1 is 1.10 bits per heavy atom. The Morgan fingerprint density at radius 3 is 2.70 bits per heavy atom. The van der Waals surface area contributed by atoms with Crippen molar-refractivity contribution in [1.82, 2.24) is 19.9 Å². The van der Waals surface area contributed by atoms with Crippen molar-refractivity contribution in [2.75, 3.05) is 24.5 Å². The van der Waals surface area contributed by atoms with E-state index in [1.807, 2.05) is 26.1 Å². The molecule has 2 aromatic heterocycles. The number of nitrogens with zero attached hydrogens (tertiary/aromatic N) is 4. The zero-order valence-electron chi connectivity index (χ0n) is 17.8. The molecule has 0 radical (unpaired) electrons. The number of H-pyrrole nitrogens is 1. The number of amides is 1. The minimum Gasteiger partial charge on any atom is -0.361 e. The molecular weight excluding hydrogens is 374 g/mol. The molecule has 0 atom stereocenters. The number of carbonyl (C=O) groups excluding carboxylic acids is 1. The van der Waals surface area contributed by atoms with Crippen molar-refractivity contribution in [1.29, 1.82) is 0 Å². The summed E-state index contributed by atoms with van der Waals surface area (Å²) < 4.78 is 0. The van der Waals surface area contributed by atoms with Gasteiger partial charge in [0.1, 0.15) is 0 Å². The second kappa shape index (κ2) is 7.42. The molecule has 2 saturated heterocycles. The molecule has 2 fully saturated rings. The minimum atomic E-state index is -0.222. The number of fused-ring (bicyclic) bond motifs is 1. The van der Waals surface area contributed by atoms with Crippen LogP contribution in [0.25, 0.3) is 10.9 Å². The van der Waals surface area contributed by atoms with Crippen LogP contribution in [0.3, 0.4) is 0 Å². The first-order valence-electron chi connectivity index (χ1n) is 11.0. The lowest BCUT2D eigenvalue weighted by Crippen LogP contribution is -2.53. The lowest BCUT2D eigenvalue weighted by molar-refractivity contribution is -0.148. The van der Waals surface area contributed by atoms with E-state index in [1.54, 1.807) is 0 Å². The number of anilines is 1. The summed E-state index contributed by atoms with van der Waals surface area (Å²) in [6.45, 7) is 7.29. The number of para-hydroxylation sites is 1. The number of carbonyl (C=O) groups is 1. The van der Waals surface area contributed by atoms with E-state index in [0.717, 1.165) is 68.0 Å². The molecule has 6 nitrogen and oxygen atoms in total. The van der Waals surface area contributed by atoms with Crippen molar-refractivity contribution in [3.8, 4) is 0 Å². The van der Waals surface area contributed by atoms with Gasteiger partial charge in [0.05, 0.1) is 5.41 Å². The lowest BCUT2D eigenvalue weighted by Gasteiger charge is -2.46. The highest BCUT2D eigenvalue weighted by Gasteiger charge is 2.46. The molecule has 156 valence electrons. The first kappa shape index (κ1) is 19.1. The first-order chi connectivity index (χ1) is 14.6. The number of piperidine rings is 2. The van der Waals surface area contributed by atoms with Gasteiger partial charge in [-0.1, -0.05) is 18.2 Å². The van der Waals surface area contributed by atoms with E-state index in [9.17, 15) is 4.79 Å². The number of hydrogen-bond donors (Lipinski definition) is 1. The third-order valence-electron chi connectivity index (χ3n) is 7.08. The summed E-state index contributed by atoms with van der Waals surface area (Å²) in [6, 6.07) is 8.32. The van der Waals surface area contributed by atoms with Crippen molar-refractivity contribution in [2.45, 2.75) is 46.1 Å². The molecule has 1 spiro atoms. The van der Waals surface area contributed by atoms with E-state index in [1.165, 1.54) is 10.9 Å². The highest BCUT2D eigenvalue weighted by atomic mass is 16.2. The van der Waals surface area contributed by atoms with Gasteiger partial charge < -0.3 is 14.8 Å². The molecule has 0 saturated carbocycles. The quantitative estimate of drug-likeness (QED) is 0.718. The Balaban J connectivity index is 1.30. The summed E-state index contributed by atoms with van der Waals surface area (Å²) in [5.41, 5.74) is 4.26. The van der Waals surface area contributed by atoms with E-state index in [2.05, 4.69) is 49.1 Å². The number of aromatic nitrogens is 3. The van der Waals surface area contributed by atoms with Crippen LogP contribution in [0.15, 0.2) is 36.7 Å². The molecule has 0 bridgehead atoms. The zero-order valence-corrected chi connectivity index (χ0v) is 17.8. The topological polar surface area (TPSA) is 65.1 Å². The van der Waals surface area contributed by atoms with E-state index < -0.39 is 0 Å². The van der Waals surface area contributed by atoms with Crippen molar-refractivity contribution < 1.29 is 4.79 Å². The number of aromatic amines is 1. The maximum atomic E-state index is 13.6. The molecule has 2 aliphatic rings. The molecule has 1 aromatic carbocycles. The van der Waals surface area contributed by atoms with Crippen LogP contribution in [0.4, 0.5) is 5.95 Å². The van der Waals surface area contributed by atoms with Gasteiger partial charge in [-0.3, -0.25) is 4.79 Å². The number of likely N-dealkylation sites (tertiary alicyclic amines) is 1. The molecule has 6 heteroatoms. The third-order valence-corrected chi connectivity index (χ3v) is 7.08. The third kappa shape index (κ3) is 3.24. The maximum absolute atomic E-state index is 13.6. The van der Waals surface area contributed by atoms with Gasteiger partial charge >= 0.3 is 0 Å². The van der Waals surface area contributed by atoms with Crippen LogP contribution >= 0.6 is 0 Å². The average Bonchev–Trinajstić information content (AvgIpc) is 3.17. The van der Waals surface area contributed by atoms with Crippen LogP contribution < -0.4 is 4.90 Å². The standard InChI is InChI=1S/C24H29N5O/c1-17-14-26-23(27-18(17)2)28-12-9-24(10-13-28)8-5-11-29(22(24)30)16-19-15-25-21-7-4-3-6-20(19)21/h3-4,6-7,14-15,25H,5,8-13,16H2,1-2H3. The van der Waals surface area contributed by atoms with E-state index >= 15 is 0 Å². The van der Waals surface area contributed by atoms with Gasteiger partial charge in [0.15, 0.2) is 0 Å². The van der Waals surface area contributed by atoms with E-state index in [-0.39, 0.29) is 5.41 Å². The van der Waals surface area contributed by atoms with Gasteiger partial charge in [-0.2, -0.15) is 0 Å². The predicted octanol–water partition coefficient (Wildman–Crippen LogP) is 3.98. The van der Waals surface area contributed by atoms with Crippen LogP contribution in [0, 0.1) is 19.3 Å². The van der Waals surface area contributed by atoms with Gasteiger partial charge in [0.2, 0.25) is 11.9 Å². The minimum absolute atomic E-state index is 0.222. The molecule has 5 rings (SSSR count). The van der Waals surface area contributed by atoms with Gasteiger partial charge in [-0.15, -0.1) is 0 Å². The number of nitrogens with one attached hydrogen (secondary N) is 1. The Morgan fingerprint density at radius 2 is 1.90 bits per heavy atom. The monoisotopic (exact) mass is 403 g/mol. The van der Waals surface area contributed by atoms with Crippen LogP contribution in [0.5, 0.6) is 0 Å². The van der Waals surface area contributed by atoms with E-state index in [0.29, 0.717) is 12.5 Å². The largest absolute Gasteiger partial charge is 0.361 e. The van der Waals surface area contributed by atoms with Crippen LogP contribution in [0.1, 0.15) is 42.5 Å². The van der Waals surface area contributed by atoms with Gasteiger partial charge in [-0.05, 0) is 56.7 Å². The van der Waals surface area contributed by atoms with Crippen LogP contribution in [-0.2, 0) is 11.3 Å². The summed E-state index contributed by atoms with van der Waals surface area (Å²) >= 11 is 0. The number of hydrogen-bond acceptors (Lipinski definition) is 4. The van der Waals surface area contributed by atoms with Crippen molar-refractivity contribution in [3.63, 3.8) is 0 Å². The Bertz CT molecular complexity index is 1080. The second-order valence-corrected chi connectivity index (χ2v) is 8.90. The highest BCUT2D eigenvalue weighted by Crippen LogP contribution is 2.42. The molecule has 4 heterocycles. The van der Waals surface area contributed by atoms with Gasteiger partial charge in [0, 0.05) is 55.2 Å². The molecule has 3 aromatic rings. The Kier molecular flexibility index (Phi) is 4.72. The summed E-state index contributed by atoms with van der Waals surface area (Å²) in [5.74, 6) is 1.13. The summed E-state index contributed by atoms with van der Waals surface area (Å²) in [7, 11) is 0.